The zero-order valence-electron chi connectivity index (χ0n) is 11.3. The van der Waals surface area contributed by atoms with Crippen molar-refractivity contribution in [2.24, 2.45) is 5.84 Å². The Bertz CT molecular complexity index is 436. The van der Waals surface area contributed by atoms with Crippen LogP contribution >= 0.6 is 0 Å². The number of aryl methyl sites for hydroxylation is 1. The first kappa shape index (κ1) is 13.8. The molecule has 4 N–H and O–H groups in total. The summed E-state index contributed by atoms with van der Waals surface area (Å²) in [4.78, 5) is 16.4. The number of hydrazine groups is 1. The van der Waals surface area contributed by atoms with E-state index in [1.165, 1.54) is 0 Å². The molecule has 1 aliphatic rings. The van der Waals surface area contributed by atoms with E-state index in [4.69, 9.17) is 10.6 Å². The van der Waals surface area contributed by atoms with E-state index >= 15 is 0 Å². The van der Waals surface area contributed by atoms with Gasteiger partial charge in [0, 0.05) is 24.4 Å². The molecule has 0 bridgehead atoms. The van der Waals surface area contributed by atoms with Gasteiger partial charge in [-0.05, 0) is 31.4 Å². The van der Waals surface area contributed by atoms with E-state index < -0.39 is 0 Å². The Morgan fingerprint density at radius 2 is 2.26 bits per heavy atom. The van der Waals surface area contributed by atoms with Crippen molar-refractivity contribution in [1.82, 2.24) is 10.3 Å². The number of amides is 1. The SMILES string of the molecule is CCc1cc(C(=O)NC2CC(OC)C2)cc(NN)n1. The topological polar surface area (TPSA) is 89.3 Å². The van der Waals surface area contributed by atoms with Gasteiger partial charge in [0.2, 0.25) is 0 Å². The van der Waals surface area contributed by atoms with Crippen LogP contribution in [0.4, 0.5) is 5.82 Å². The van der Waals surface area contributed by atoms with E-state index in [9.17, 15) is 4.79 Å². The predicted molar refractivity (Wildman–Crippen MR) is 72.7 cm³/mol. The molecule has 6 nitrogen and oxygen atoms in total. The number of carbonyl (C=O) groups is 1. The molecule has 1 fully saturated rings. The summed E-state index contributed by atoms with van der Waals surface area (Å²) >= 11 is 0. The van der Waals surface area contributed by atoms with Crippen molar-refractivity contribution in [2.45, 2.75) is 38.3 Å². The lowest BCUT2D eigenvalue weighted by atomic mass is 9.89. The number of aromatic nitrogens is 1. The summed E-state index contributed by atoms with van der Waals surface area (Å²) in [5.41, 5.74) is 3.90. The molecule has 0 radical (unpaired) electrons. The average Bonchev–Trinajstić information content (AvgIpc) is 2.41. The van der Waals surface area contributed by atoms with Gasteiger partial charge in [-0.25, -0.2) is 10.8 Å². The third-order valence-electron chi connectivity index (χ3n) is 3.41. The molecular weight excluding hydrogens is 244 g/mol. The first-order valence-corrected chi connectivity index (χ1v) is 6.47. The van der Waals surface area contributed by atoms with Gasteiger partial charge >= 0.3 is 0 Å². The normalized spacial score (nSPS) is 21.6. The van der Waals surface area contributed by atoms with Crippen molar-refractivity contribution in [3.63, 3.8) is 0 Å². The van der Waals surface area contributed by atoms with E-state index in [1.54, 1.807) is 19.2 Å². The number of anilines is 1. The van der Waals surface area contributed by atoms with Crippen LogP contribution in [-0.4, -0.2) is 30.1 Å². The monoisotopic (exact) mass is 264 g/mol. The van der Waals surface area contributed by atoms with Crippen molar-refractivity contribution in [3.8, 4) is 0 Å². The Hall–Kier alpha value is -1.66. The van der Waals surface area contributed by atoms with Gasteiger partial charge in [0.15, 0.2) is 0 Å². The highest BCUT2D eigenvalue weighted by molar-refractivity contribution is 5.95. The highest BCUT2D eigenvalue weighted by atomic mass is 16.5. The number of carbonyl (C=O) groups excluding carboxylic acids is 1. The zero-order valence-corrected chi connectivity index (χ0v) is 11.3. The van der Waals surface area contributed by atoms with Crippen LogP contribution in [0, 0.1) is 0 Å². The van der Waals surface area contributed by atoms with Crippen LogP contribution < -0.4 is 16.6 Å². The lowest BCUT2D eigenvalue weighted by Gasteiger charge is -2.34. The Morgan fingerprint density at radius 1 is 1.53 bits per heavy atom. The van der Waals surface area contributed by atoms with Crippen molar-refractivity contribution in [3.05, 3.63) is 23.4 Å². The minimum atomic E-state index is -0.0897. The summed E-state index contributed by atoms with van der Waals surface area (Å²) in [6, 6.07) is 3.65. The van der Waals surface area contributed by atoms with Crippen molar-refractivity contribution in [2.75, 3.05) is 12.5 Å². The quantitative estimate of drug-likeness (QED) is 0.541. The van der Waals surface area contributed by atoms with E-state index in [0.29, 0.717) is 11.4 Å². The van der Waals surface area contributed by atoms with Gasteiger partial charge in [-0.1, -0.05) is 6.92 Å². The molecule has 1 amide bonds. The molecule has 19 heavy (non-hydrogen) atoms. The summed E-state index contributed by atoms with van der Waals surface area (Å²) in [6.07, 6.45) is 2.77. The fourth-order valence-corrected chi connectivity index (χ4v) is 2.12. The third kappa shape index (κ3) is 3.21. The molecule has 1 aliphatic carbocycles. The van der Waals surface area contributed by atoms with Crippen LogP contribution in [0.25, 0.3) is 0 Å². The Morgan fingerprint density at radius 3 is 2.84 bits per heavy atom. The number of hydrogen-bond donors (Lipinski definition) is 3. The van der Waals surface area contributed by atoms with Crippen LogP contribution in [-0.2, 0) is 11.2 Å². The fraction of sp³-hybridized carbons (Fsp3) is 0.538. The summed E-state index contributed by atoms with van der Waals surface area (Å²) in [7, 11) is 1.69. The summed E-state index contributed by atoms with van der Waals surface area (Å²) in [6.45, 7) is 1.99. The van der Waals surface area contributed by atoms with E-state index in [-0.39, 0.29) is 18.1 Å². The largest absolute Gasteiger partial charge is 0.381 e. The second kappa shape index (κ2) is 5.99. The first-order chi connectivity index (χ1) is 9.16. The maximum Gasteiger partial charge on any atom is 0.251 e. The molecule has 1 saturated carbocycles. The molecule has 0 spiro atoms. The van der Waals surface area contributed by atoms with Crippen LogP contribution in [0.2, 0.25) is 0 Å². The van der Waals surface area contributed by atoms with Crippen LogP contribution in [0.15, 0.2) is 12.1 Å². The third-order valence-corrected chi connectivity index (χ3v) is 3.41. The minimum absolute atomic E-state index is 0.0897. The van der Waals surface area contributed by atoms with E-state index in [2.05, 4.69) is 15.7 Å². The second-order valence-electron chi connectivity index (χ2n) is 4.73. The highest BCUT2D eigenvalue weighted by Gasteiger charge is 2.30. The molecule has 1 aromatic heterocycles. The average molecular weight is 264 g/mol. The predicted octanol–water partition coefficient (Wildman–Crippen LogP) is 0.837. The van der Waals surface area contributed by atoms with Crippen LogP contribution in [0.5, 0.6) is 0 Å². The van der Waals surface area contributed by atoms with Gasteiger partial charge in [0.05, 0.1) is 6.10 Å². The number of nitrogens with zero attached hydrogens (tertiary/aromatic N) is 1. The molecule has 1 aromatic rings. The van der Waals surface area contributed by atoms with Gasteiger partial charge < -0.3 is 15.5 Å². The summed E-state index contributed by atoms with van der Waals surface area (Å²) in [5, 5.41) is 2.98. The van der Waals surface area contributed by atoms with Gasteiger partial charge in [-0.2, -0.15) is 0 Å². The van der Waals surface area contributed by atoms with Crippen molar-refractivity contribution in [1.29, 1.82) is 0 Å². The second-order valence-corrected chi connectivity index (χ2v) is 4.73. The van der Waals surface area contributed by atoms with Gasteiger partial charge in [0.25, 0.3) is 5.91 Å². The van der Waals surface area contributed by atoms with E-state index in [0.717, 1.165) is 25.0 Å². The Kier molecular flexibility index (Phi) is 4.34. The number of ether oxygens (including phenoxy) is 1. The smallest absolute Gasteiger partial charge is 0.251 e. The van der Waals surface area contributed by atoms with Crippen LogP contribution in [0.3, 0.4) is 0 Å². The molecule has 104 valence electrons. The molecule has 0 atom stereocenters. The lowest BCUT2D eigenvalue weighted by Crippen LogP contribution is -2.47. The Balaban J connectivity index is 2.02. The number of nitrogen functional groups attached to an aromatic ring is 1. The van der Waals surface area contributed by atoms with Gasteiger partial charge in [-0.15, -0.1) is 0 Å². The number of nitrogens with one attached hydrogen (secondary N) is 2. The van der Waals surface area contributed by atoms with E-state index in [1.807, 2.05) is 6.92 Å². The van der Waals surface area contributed by atoms with Crippen molar-refractivity contribution >= 4 is 11.7 Å². The minimum Gasteiger partial charge on any atom is -0.381 e. The maximum absolute atomic E-state index is 12.1. The maximum atomic E-state index is 12.1. The number of hydrogen-bond acceptors (Lipinski definition) is 5. The zero-order chi connectivity index (χ0) is 13.8. The number of rotatable bonds is 5. The van der Waals surface area contributed by atoms with Gasteiger partial charge in [-0.3, -0.25) is 4.79 Å². The molecule has 6 heteroatoms. The number of pyridine rings is 1. The lowest BCUT2D eigenvalue weighted by molar-refractivity contribution is 0.0176. The molecule has 0 saturated heterocycles. The standard InChI is InChI=1S/C13H20N4O2/c1-3-9-4-8(5-12(15-9)17-14)13(18)16-10-6-11(7-10)19-2/h4-5,10-11H,3,6-7,14H2,1-2H3,(H,15,17)(H,16,18). The van der Waals surface area contributed by atoms with Gasteiger partial charge in [0.1, 0.15) is 5.82 Å². The molecule has 0 aromatic carbocycles. The molecular formula is C13H20N4O2. The Labute approximate surface area is 112 Å². The molecule has 2 rings (SSSR count). The first-order valence-electron chi connectivity index (χ1n) is 6.47. The highest BCUT2D eigenvalue weighted by Crippen LogP contribution is 2.23. The molecule has 1 heterocycles. The molecule has 0 unspecified atom stereocenters. The summed E-state index contributed by atoms with van der Waals surface area (Å²) in [5.74, 6) is 5.77. The number of nitrogens with two attached hydrogens (primary N) is 1. The number of methoxy groups -OCH3 is 1. The van der Waals surface area contributed by atoms with Crippen molar-refractivity contribution < 1.29 is 9.53 Å². The summed E-state index contributed by atoms with van der Waals surface area (Å²) < 4.78 is 5.19. The fourth-order valence-electron chi connectivity index (χ4n) is 2.12. The van der Waals surface area contributed by atoms with Crippen LogP contribution in [0.1, 0.15) is 35.8 Å². The molecule has 0 aliphatic heterocycles.